The van der Waals surface area contributed by atoms with Crippen LogP contribution in [0.2, 0.25) is 0 Å². The van der Waals surface area contributed by atoms with Crippen LogP contribution in [0, 0.1) is 0 Å². The summed E-state index contributed by atoms with van der Waals surface area (Å²) >= 11 is 0. The zero-order valence-electron chi connectivity index (χ0n) is 12.9. The predicted molar refractivity (Wildman–Crippen MR) is 86.4 cm³/mol. The summed E-state index contributed by atoms with van der Waals surface area (Å²) in [5.41, 5.74) is -0.375. The highest BCUT2D eigenvalue weighted by Crippen LogP contribution is 2.28. The van der Waals surface area contributed by atoms with Gasteiger partial charge in [0, 0.05) is 18.6 Å². The summed E-state index contributed by atoms with van der Waals surface area (Å²) in [5.74, 6) is -0.209. The summed E-state index contributed by atoms with van der Waals surface area (Å²) < 4.78 is 27.5. The van der Waals surface area contributed by atoms with Crippen molar-refractivity contribution in [2.75, 3.05) is 18.4 Å². The third-order valence-electron chi connectivity index (χ3n) is 4.01. The Bertz CT molecular complexity index is 654. The Kier molecular flexibility index (Phi) is 5.89. The summed E-state index contributed by atoms with van der Waals surface area (Å²) in [7, 11) is 0. The highest BCUT2D eigenvalue weighted by atomic mass is 35.5. The topological polar surface area (TPSA) is 76.8 Å². The summed E-state index contributed by atoms with van der Waals surface area (Å²) in [6.07, 6.45) is 4.90. The molecule has 0 aliphatic carbocycles. The van der Waals surface area contributed by atoms with Gasteiger partial charge < -0.3 is 10.6 Å². The van der Waals surface area contributed by atoms with Crippen molar-refractivity contribution < 1.29 is 13.6 Å². The van der Waals surface area contributed by atoms with Crippen LogP contribution in [-0.2, 0) is 16.9 Å². The van der Waals surface area contributed by atoms with Crippen molar-refractivity contribution in [3.05, 3.63) is 30.9 Å². The maximum atomic E-state index is 12.8. The van der Waals surface area contributed by atoms with Crippen molar-refractivity contribution in [2.24, 2.45) is 0 Å². The van der Waals surface area contributed by atoms with Gasteiger partial charge in [-0.1, -0.05) is 0 Å². The molecule has 3 rings (SSSR count). The summed E-state index contributed by atoms with van der Waals surface area (Å²) in [4.78, 5) is 12.8. The number of carbonyl (C=O) groups excluding carboxylic acids is 1. The van der Waals surface area contributed by atoms with Crippen molar-refractivity contribution in [3.8, 4) is 0 Å². The van der Waals surface area contributed by atoms with Crippen LogP contribution >= 0.6 is 12.4 Å². The van der Waals surface area contributed by atoms with Crippen LogP contribution in [0.25, 0.3) is 0 Å². The second-order valence-electron chi connectivity index (χ2n) is 5.53. The number of nitrogens with one attached hydrogen (secondary N) is 2. The Balaban J connectivity index is 0.00000208. The van der Waals surface area contributed by atoms with Gasteiger partial charge in [-0.15, -0.1) is 12.4 Å². The number of hydrogen-bond donors (Lipinski definition) is 2. The molecule has 10 heteroatoms. The van der Waals surface area contributed by atoms with Gasteiger partial charge in [-0.2, -0.15) is 10.2 Å². The number of nitrogens with zero attached hydrogens (tertiary/aromatic N) is 4. The van der Waals surface area contributed by atoms with E-state index in [2.05, 4.69) is 20.8 Å². The quantitative estimate of drug-likeness (QED) is 0.847. The minimum absolute atomic E-state index is 0. The molecular weight excluding hydrogens is 342 g/mol. The molecule has 1 amide bonds. The van der Waals surface area contributed by atoms with Crippen LogP contribution in [0.1, 0.15) is 12.8 Å². The van der Waals surface area contributed by atoms with Gasteiger partial charge in [0.1, 0.15) is 12.1 Å². The van der Waals surface area contributed by atoms with Gasteiger partial charge in [0.25, 0.3) is 12.3 Å². The van der Waals surface area contributed by atoms with E-state index in [-0.39, 0.29) is 18.3 Å². The first-order valence-electron chi connectivity index (χ1n) is 7.43. The second kappa shape index (κ2) is 7.71. The van der Waals surface area contributed by atoms with E-state index in [4.69, 9.17) is 0 Å². The Hall–Kier alpha value is -2.00. The SMILES string of the molecule is Cl.O=C(Nc1cnn(CC(F)F)c1)C1(n2cccn2)CCNCC1. The minimum atomic E-state index is -2.49. The lowest BCUT2D eigenvalue weighted by Crippen LogP contribution is -2.52. The monoisotopic (exact) mass is 360 g/mol. The Labute approximate surface area is 143 Å². The molecule has 1 aliphatic rings. The molecule has 3 heterocycles. The molecule has 1 fully saturated rings. The number of piperidine rings is 1. The number of halogens is 3. The summed E-state index contributed by atoms with van der Waals surface area (Å²) in [5, 5.41) is 14.1. The van der Waals surface area contributed by atoms with E-state index < -0.39 is 18.5 Å². The molecule has 1 aliphatic heterocycles. The van der Waals surface area contributed by atoms with Gasteiger partial charge in [-0.3, -0.25) is 14.2 Å². The lowest BCUT2D eigenvalue weighted by atomic mass is 9.87. The number of rotatable bonds is 5. The molecule has 2 aromatic rings. The van der Waals surface area contributed by atoms with Gasteiger partial charge in [0.2, 0.25) is 0 Å². The lowest BCUT2D eigenvalue weighted by molar-refractivity contribution is -0.126. The van der Waals surface area contributed by atoms with Crippen LogP contribution in [0.4, 0.5) is 14.5 Å². The summed E-state index contributed by atoms with van der Waals surface area (Å²) in [6, 6.07) is 1.78. The normalized spacial score (nSPS) is 16.6. The van der Waals surface area contributed by atoms with Crippen LogP contribution in [-0.4, -0.2) is 45.0 Å². The molecular formula is C14H19ClF2N6O. The van der Waals surface area contributed by atoms with E-state index in [1.54, 1.807) is 23.1 Å². The average Bonchev–Trinajstić information content (AvgIpc) is 3.19. The molecule has 0 radical (unpaired) electrons. The van der Waals surface area contributed by atoms with E-state index in [0.29, 0.717) is 31.6 Å². The van der Waals surface area contributed by atoms with E-state index in [1.807, 2.05) is 0 Å². The third-order valence-corrected chi connectivity index (χ3v) is 4.01. The maximum absolute atomic E-state index is 12.8. The Morgan fingerprint density at radius 1 is 1.38 bits per heavy atom. The third kappa shape index (κ3) is 3.73. The molecule has 2 aromatic heterocycles. The van der Waals surface area contributed by atoms with E-state index in [9.17, 15) is 13.6 Å². The van der Waals surface area contributed by atoms with Crippen molar-refractivity contribution in [1.29, 1.82) is 0 Å². The number of carbonyl (C=O) groups is 1. The van der Waals surface area contributed by atoms with Crippen LogP contribution in [0.5, 0.6) is 0 Å². The van der Waals surface area contributed by atoms with Crippen molar-refractivity contribution >= 4 is 24.0 Å². The first-order valence-corrected chi connectivity index (χ1v) is 7.43. The number of anilines is 1. The van der Waals surface area contributed by atoms with Crippen molar-refractivity contribution in [2.45, 2.75) is 31.4 Å². The molecule has 0 unspecified atom stereocenters. The van der Waals surface area contributed by atoms with Crippen LogP contribution < -0.4 is 10.6 Å². The molecule has 0 bridgehead atoms. The first-order chi connectivity index (χ1) is 11.1. The van der Waals surface area contributed by atoms with Gasteiger partial charge >= 0.3 is 0 Å². The fourth-order valence-corrected chi connectivity index (χ4v) is 2.84. The van der Waals surface area contributed by atoms with Crippen molar-refractivity contribution in [1.82, 2.24) is 24.9 Å². The fourth-order valence-electron chi connectivity index (χ4n) is 2.84. The largest absolute Gasteiger partial charge is 0.321 e. The van der Waals surface area contributed by atoms with Crippen LogP contribution in [0.15, 0.2) is 30.9 Å². The average molecular weight is 361 g/mol. The van der Waals surface area contributed by atoms with Gasteiger partial charge in [-0.25, -0.2) is 8.78 Å². The first kappa shape index (κ1) is 18.3. The molecule has 7 nitrogen and oxygen atoms in total. The number of hydrogen-bond acceptors (Lipinski definition) is 4. The molecule has 0 saturated carbocycles. The standard InChI is InChI=1S/C14H18F2N6O.ClH/c15-12(16)10-21-9-11(8-19-21)20-13(23)14(2-5-17-6-3-14)22-7-1-4-18-22;/h1,4,7-9,12,17H,2-3,5-6,10H2,(H,20,23);1H. The molecule has 2 N–H and O–H groups in total. The number of aromatic nitrogens is 4. The van der Waals surface area contributed by atoms with Gasteiger partial charge in [0.15, 0.2) is 0 Å². The fraction of sp³-hybridized carbons (Fsp3) is 0.500. The van der Waals surface area contributed by atoms with Crippen molar-refractivity contribution in [3.63, 3.8) is 0 Å². The molecule has 0 atom stereocenters. The minimum Gasteiger partial charge on any atom is -0.321 e. The molecule has 1 saturated heterocycles. The van der Waals surface area contributed by atoms with Gasteiger partial charge in [-0.05, 0) is 32.0 Å². The number of alkyl halides is 2. The number of amides is 1. The zero-order valence-corrected chi connectivity index (χ0v) is 13.7. The maximum Gasteiger partial charge on any atom is 0.257 e. The smallest absolute Gasteiger partial charge is 0.257 e. The summed E-state index contributed by atoms with van der Waals surface area (Å²) in [6.45, 7) is 0.917. The second-order valence-corrected chi connectivity index (χ2v) is 5.53. The zero-order chi connectivity index (χ0) is 16.3. The van der Waals surface area contributed by atoms with E-state index in [0.717, 1.165) is 4.68 Å². The molecule has 24 heavy (non-hydrogen) atoms. The Morgan fingerprint density at radius 2 is 2.12 bits per heavy atom. The predicted octanol–water partition coefficient (Wildman–Crippen LogP) is 1.48. The Morgan fingerprint density at radius 3 is 2.75 bits per heavy atom. The highest BCUT2D eigenvalue weighted by Gasteiger charge is 2.42. The molecule has 0 spiro atoms. The van der Waals surface area contributed by atoms with E-state index in [1.165, 1.54) is 12.4 Å². The molecule has 0 aromatic carbocycles. The van der Waals surface area contributed by atoms with Crippen LogP contribution in [0.3, 0.4) is 0 Å². The van der Waals surface area contributed by atoms with Gasteiger partial charge in [0.05, 0.1) is 11.9 Å². The van der Waals surface area contributed by atoms with E-state index >= 15 is 0 Å². The highest BCUT2D eigenvalue weighted by molar-refractivity contribution is 5.96. The molecule has 132 valence electrons. The lowest BCUT2D eigenvalue weighted by Gasteiger charge is -2.36.